The number of carbonyl (C=O) groups excluding carboxylic acids is 1. The summed E-state index contributed by atoms with van der Waals surface area (Å²) in [6.07, 6.45) is 1.09. The van der Waals surface area contributed by atoms with Crippen molar-refractivity contribution in [1.82, 2.24) is 10.2 Å². The lowest BCUT2D eigenvalue weighted by molar-refractivity contribution is 0.0764. The first-order chi connectivity index (χ1) is 11.0. The van der Waals surface area contributed by atoms with Gasteiger partial charge in [0.25, 0.3) is 0 Å². The average molecular weight is 341 g/mol. The summed E-state index contributed by atoms with van der Waals surface area (Å²) in [4.78, 5) is 14.1. The van der Waals surface area contributed by atoms with Crippen LogP contribution < -0.4 is 5.32 Å². The Hall–Kier alpha value is -1.30. The van der Waals surface area contributed by atoms with Crippen LogP contribution >= 0.6 is 11.6 Å². The van der Waals surface area contributed by atoms with Crippen molar-refractivity contribution in [2.24, 2.45) is 5.92 Å². The van der Waals surface area contributed by atoms with Crippen LogP contribution in [0.4, 0.5) is 4.79 Å². The fourth-order valence-corrected chi connectivity index (χ4v) is 3.19. The zero-order valence-electron chi connectivity index (χ0n) is 13.7. The Morgan fingerprint density at radius 2 is 2.09 bits per heavy atom. The number of rotatable bonds is 5. The molecule has 1 aromatic rings. The number of amides is 2. The van der Waals surface area contributed by atoms with Crippen molar-refractivity contribution in [3.63, 3.8) is 0 Å². The Kier molecular flexibility index (Phi) is 6.69. The van der Waals surface area contributed by atoms with E-state index in [2.05, 4.69) is 5.32 Å². The number of carbonyl (C=O) groups is 1. The minimum atomic E-state index is -0.307. The molecule has 2 unspecified atom stereocenters. The van der Waals surface area contributed by atoms with Gasteiger partial charge in [0.2, 0.25) is 0 Å². The number of aliphatic hydroxyl groups is 1. The van der Waals surface area contributed by atoms with Gasteiger partial charge in [-0.1, -0.05) is 29.8 Å². The molecule has 5 nitrogen and oxygen atoms in total. The quantitative estimate of drug-likeness (QED) is 0.866. The molecular weight excluding hydrogens is 316 g/mol. The first-order valence-electron chi connectivity index (χ1n) is 8.01. The van der Waals surface area contributed by atoms with Crippen molar-refractivity contribution in [3.8, 4) is 0 Å². The largest absolute Gasteiger partial charge is 0.393 e. The summed E-state index contributed by atoms with van der Waals surface area (Å²) < 4.78 is 5.45. The van der Waals surface area contributed by atoms with Crippen molar-refractivity contribution >= 4 is 17.6 Å². The van der Waals surface area contributed by atoms with E-state index in [0.29, 0.717) is 24.7 Å². The van der Waals surface area contributed by atoms with Crippen LogP contribution in [0.3, 0.4) is 0 Å². The molecule has 1 aliphatic heterocycles. The van der Waals surface area contributed by atoms with Crippen LogP contribution in [0, 0.1) is 5.92 Å². The van der Waals surface area contributed by atoms with Gasteiger partial charge in [0.05, 0.1) is 6.10 Å². The maximum absolute atomic E-state index is 12.3. The molecule has 0 spiro atoms. The SMILES string of the molecule is COC(CNC(=O)N1CCC(C(C)O)CC1)c1ccccc1Cl. The predicted molar refractivity (Wildman–Crippen MR) is 90.6 cm³/mol. The number of likely N-dealkylation sites (tertiary alicyclic amines) is 1. The number of hydrogen-bond acceptors (Lipinski definition) is 3. The van der Waals surface area contributed by atoms with Gasteiger partial charge in [0, 0.05) is 37.3 Å². The maximum Gasteiger partial charge on any atom is 0.317 e. The molecular formula is C17H25ClN2O3. The zero-order chi connectivity index (χ0) is 16.8. The number of piperidine rings is 1. The molecule has 0 bridgehead atoms. The molecule has 6 heteroatoms. The first-order valence-corrected chi connectivity index (χ1v) is 8.38. The fraction of sp³-hybridized carbons (Fsp3) is 0.588. The van der Waals surface area contributed by atoms with Crippen LogP contribution in [0.2, 0.25) is 5.02 Å². The molecule has 2 N–H and O–H groups in total. The van der Waals surface area contributed by atoms with Gasteiger partial charge in [-0.3, -0.25) is 0 Å². The van der Waals surface area contributed by atoms with Gasteiger partial charge in [-0.05, 0) is 31.7 Å². The number of benzene rings is 1. The van der Waals surface area contributed by atoms with Gasteiger partial charge in [0.15, 0.2) is 0 Å². The molecule has 2 atom stereocenters. The standard InChI is InChI=1S/C17H25ClN2O3/c1-12(21)13-7-9-20(10-8-13)17(22)19-11-16(23-2)14-5-3-4-6-15(14)18/h3-6,12-13,16,21H,7-11H2,1-2H3,(H,19,22). The van der Waals surface area contributed by atoms with Gasteiger partial charge >= 0.3 is 6.03 Å². The van der Waals surface area contributed by atoms with Crippen molar-refractivity contribution in [3.05, 3.63) is 34.9 Å². The van der Waals surface area contributed by atoms with Gasteiger partial charge in [-0.25, -0.2) is 4.79 Å². The molecule has 0 aliphatic carbocycles. The summed E-state index contributed by atoms with van der Waals surface area (Å²) >= 11 is 6.18. The van der Waals surface area contributed by atoms with Gasteiger partial charge in [0.1, 0.15) is 6.10 Å². The maximum atomic E-state index is 12.3. The molecule has 1 heterocycles. The van der Waals surface area contributed by atoms with E-state index in [1.54, 1.807) is 12.0 Å². The summed E-state index contributed by atoms with van der Waals surface area (Å²) in [6, 6.07) is 7.38. The molecule has 1 aromatic carbocycles. The highest BCUT2D eigenvalue weighted by Gasteiger charge is 2.26. The predicted octanol–water partition coefficient (Wildman–Crippen LogP) is 2.83. The van der Waals surface area contributed by atoms with E-state index >= 15 is 0 Å². The summed E-state index contributed by atoms with van der Waals surface area (Å²) in [5.74, 6) is 0.286. The van der Waals surface area contributed by atoms with Gasteiger partial charge in [-0.15, -0.1) is 0 Å². The molecule has 2 rings (SSSR count). The van der Waals surface area contributed by atoms with E-state index in [4.69, 9.17) is 16.3 Å². The minimum absolute atomic E-state index is 0.0943. The summed E-state index contributed by atoms with van der Waals surface area (Å²) in [5.41, 5.74) is 0.866. The van der Waals surface area contributed by atoms with E-state index < -0.39 is 0 Å². The molecule has 1 saturated heterocycles. The number of halogens is 1. The van der Waals surface area contributed by atoms with Gasteiger partial charge in [-0.2, -0.15) is 0 Å². The summed E-state index contributed by atoms with van der Waals surface area (Å²) in [5, 5.41) is 13.2. The van der Waals surface area contributed by atoms with Crippen LogP contribution in [0.15, 0.2) is 24.3 Å². The van der Waals surface area contributed by atoms with Crippen LogP contribution in [0.5, 0.6) is 0 Å². The smallest absolute Gasteiger partial charge is 0.317 e. The molecule has 1 aliphatic rings. The Morgan fingerprint density at radius 1 is 1.43 bits per heavy atom. The highest BCUT2D eigenvalue weighted by molar-refractivity contribution is 6.31. The van der Waals surface area contributed by atoms with Gasteiger partial charge < -0.3 is 20.1 Å². The average Bonchev–Trinajstić information content (AvgIpc) is 2.56. The zero-order valence-corrected chi connectivity index (χ0v) is 14.4. The first kappa shape index (κ1) is 18.0. The second-order valence-corrected chi connectivity index (χ2v) is 6.40. The van der Waals surface area contributed by atoms with E-state index in [1.807, 2.05) is 31.2 Å². The van der Waals surface area contributed by atoms with Crippen LogP contribution in [-0.2, 0) is 4.74 Å². The molecule has 1 fully saturated rings. The van der Waals surface area contributed by atoms with Crippen molar-refractivity contribution < 1.29 is 14.6 Å². The van der Waals surface area contributed by atoms with Crippen LogP contribution in [0.25, 0.3) is 0 Å². The minimum Gasteiger partial charge on any atom is -0.393 e. The molecule has 0 aromatic heterocycles. The lowest BCUT2D eigenvalue weighted by Crippen LogP contribution is -2.46. The third kappa shape index (κ3) is 4.83. The Morgan fingerprint density at radius 3 is 2.65 bits per heavy atom. The van der Waals surface area contributed by atoms with E-state index in [9.17, 15) is 9.90 Å². The summed E-state index contributed by atoms with van der Waals surface area (Å²) in [6.45, 7) is 3.53. The number of nitrogens with one attached hydrogen (secondary N) is 1. The molecule has 128 valence electrons. The van der Waals surface area contributed by atoms with E-state index in [-0.39, 0.29) is 24.2 Å². The second kappa shape index (κ2) is 8.52. The fourth-order valence-electron chi connectivity index (χ4n) is 2.93. The number of hydrogen-bond donors (Lipinski definition) is 2. The second-order valence-electron chi connectivity index (χ2n) is 6.00. The number of nitrogens with zero attached hydrogens (tertiary/aromatic N) is 1. The molecule has 23 heavy (non-hydrogen) atoms. The monoisotopic (exact) mass is 340 g/mol. The molecule has 2 amide bonds. The Balaban J connectivity index is 1.85. The lowest BCUT2D eigenvalue weighted by Gasteiger charge is -2.33. The van der Waals surface area contributed by atoms with Crippen molar-refractivity contribution in [2.45, 2.75) is 32.0 Å². The van der Waals surface area contributed by atoms with Crippen molar-refractivity contribution in [2.75, 3.05) is 26.7 Å². The van der Waals surface area contributed by atoms with Crippen LogP contribution in [-0.4, -0.2) is 48.9 Å². The topological polar surface area (TPSA) is 61.8 Å². The summed E-state index contributed by atoms with van der Waals surface area (Å²) in [7, 11) is 1.61. The molecule has 0 radical (unpaired) electrons. The lowest BCUT2D eigenvalue weighted by atomic mass is 9.92. The number of urea groups is 1. The Bertz CT molecular complexity index is 516. The Labute approximate surface area is 142 Å². The highest BCUT2D eigenvalue weighted by Crippen LogP contribution is 2.25. The number of aliphatic hydroxyl groups excluding tert-OH is 1. The van der Waals surface area contributed by atoms with Crippen LogP contribution in [0.1, 0.15) is 31.4 Å². The third-order valence-electron chi connectivity index (χ3n) is 4.48. The third-order valence-corrected chi connectivity index (χ3v) is 4.83. The van der Waals surface area contributed by atoms with E-state index in [1.165, 1.54) is 0 Å². The number of methoxy groups -OCH3 is 1. The normalized spacial score (nSPS) is 18.5. The van der Waals surface area contributed by atoms with Crippen molar-refractivity contribution in [1.29, 1.82) is 0 Å². The highest BCUT2D eigenvalue weighted by atomic mass is 35.5. The molecule has 0 saturated carbocycles. The number of ether oxygens (including phenoxy) is 1. The van der Waals surface area contributed by atoms with E-state index in [0.717, 1.165) is 18.4 Å².